The molecule has 1 aromatic heterocycles. The zero-order valence-electron chi connectivity index (χ0n) is 13.4. The number of ether oxygens (including phenoxy) is 1. The maximum absolute atomic E-state index is 5.89. The Morgan fingerprint density at radius 2 is 1.96 bits per heavy atom. The van der Waals surface area contributed by atoms with Crippen LogP contribution in [0.2, 0.25) is 0 Å². The first-order chi connectivity index (χ1) is 11.2. The van der Waals surface area contributed by atoms with E-state index < -0.39 is 0 Å². The van der Waals surface area contributed by atoms with E-state index in [-0.39, 0.29) is 6.04 Å². The predicted molar refractivity (Wildman–Crippen MR) is 94.4 cm³/mol. The van der Waals surface area contributed by atoms with Crippen molar-refractivity contribution < 1.29 is 9.15 Å². The number of nitrogens with one attached hydrogen (secondary N) is 1. The maximum Gasteiger partial charge on any atom is 0.122 e. The van der Waals surface area contributed by atoms with Gasteiger partial charge in [-0.3, -0.25) is 4.90 Å². The molecule has 1 fully saturated rings. The summed E-state index contributed by atoms with van der Waals surface area (Å²) in [7, 11) is 0. The molecular formula is C18H23BrN2O2. The van der Waals surface area contributed by atoms with Gasteiger partial charge in [-0.25, -0.2) is 0 Å². The average molecular weight is 379 g/mol. The van der Waals surface area contributed by atoms with Crippen molar-refractivity contribution in [3.8, 4) is 0 Å². The van der Waals surface area contributed by atoms with Gasteiger partial charge in [-0.05, 0) is 30.7 Å². The highest BCUT2D eigenvalue weighted by atomic mass is 79.9. The van der Waals surface area contributed by atoms with E-state index in [0.29, 0.717) is 0 Å². The number of morpholine rings is 1. The Bertz CT molecular complexity index is 623. The number of furan rings is 1. The number of hydrogen-bond donors (Lipinski definition) is 1. The number of aryl methyl sites for hydroxylation is 1. The highest BCUT2D eigenvalue weighted by molar-refractivity contribution is 9.10. The summed E-state index contributed by atoms with van der Waals surface area (Å²) in [6.45, 7) is 7.16. The molecule has 0 radical (unpaired) electrons. The molecule has 0 saturated carbocycles. The molecule has 1 atom stereocenters. The quantitative estimate of drug-likeness (QED) is 0.834. The van der Waals surface area contributed by atoms with Crippen molar-refractivity contribution in [2.75, 3.05) is 32.8 Å². The summed E-state index contributed by atoms with van der Waals surface area (Å²) < 4.78 is 12.5. The second-order valence-corrected chi connectivity index (χ2v) is 6.69. The van der Waals surface area contributed by atoms with E-state index in [1.165, 1.54) is 5.56 Å². The Morgan fingerprint density at radius 3 is 2.65 bits per heavy atom. The lowest BCUT2D eigenvalue weighted by atomic mass is 10.1. The molecule has 1 saturated heterocycles. The van der Waals surface area contributed by atoms with E-state index in [1.807, 2.05) is 19.1 Å². The van der Waals surface area contributed by atoms with Gasteiger partial charge in [0, 0.05) is 30.7 Å². The molecule has 3 rings (SSSR count). The molecule has 0 bridgehead atoms. The van der Waals surface area contributed by atoms with Crippen molar-refractivity contribution in [1.29, 1.82) is 0 Å². The van der Waals surface area contributed by atoms with Crippen LogP contribution in [0, 0.1) is 6.92 Å². The predicted octanol–water partition coefficient (Wildman–Crippen LogP) is 3.51. The van der Waals surface area contributed by atoms with Crippen molar-refractivity contribution in [3.63, 3.8) is 0 Å². The van der Waals surface area contributed by atoms with Gasteiger partial charge in [-0.2, -0.15) is 0 Å². The molecule has 23 heavy (non-hydrogen) atoms. The molecule has 2 aromatic rings. The molecule has 1 unspecified atom stereocenters. The molecular weight excluding hydrogens is 356 g/mol. The molecule has 0 amide bonds. The molecule has 124 valence electrons. The summed E-state index contributed by atoms with van der Waals surface area (Å²) in [6.07, 6.45) is 0. The van der Waals surface area contributed by atoms with Gasteiger partial charge < -0.3 is 14.5 Å². The first-order valence-electron chi connectivity index (χ1n) is 8.06. The van der Waals surface area contributed by atoms with Gasteiger partial charge in [0.2, 0.25) is 0 Å². The van der Waals surface area contributed by atoms with Gasteiger partial charge >= 0.3 is 0 Å². The Hall–Kier alpha value is -1.14. The summed E-state index contributed by atoms with van der Waals surface area (Å²) >= 11 is 3.60. The fourth-order valence-electron chi connectivity index (χ4n) is 2.92. The van der Waals surface area contributed by atoms with Crippen molar-refractivity contribution >= 4 is 15.9 Å². The second-order valence-electron chi connectivity index (χ2n) is 5.83. The second kappa shape index (κ2) is 8.11. The van der Waals surface area contributed by atoms with Crippen molar-refractivity contribution in [2.24, 2.45) is 0 Å². The standard InChI is InChI=1S/C18H23BrN2O2/c1-14-6-7-18(23-14)17(21-8-10-22-11-9-21)13-20-12-15-4-2-3-5-16(15)19/h2-7,17,20H,8-13H2,1H3. The Balaban J connectivity index is 1.65. The minimum atomic E-state index is 0.245. The summed E-state index contributed by atoms with van der Waals surface area (Å²) in [5.41, 5.74) is 1.27. The van der Waals surface area contributed by atoms with Crippen LogP contribution in [0.3, 0.4) is 0 Å². The Morgan fingerprint density at radius 1 is 1.17 bits per heavy atom. The summed E-state index contributed by atoms with van der Waals surface area (Å²) in [5, 5.41) is 3.58. The lowest BCUT2D eigenvalue weighted by Crippen LogP contribution is -2.42. The first kappa shape index (κ1) is 16.7. The Kier molecular flexibility index (Phi) is 5.89. The summed E-state index contributed by atoms with van der Waals surface area (Å²) in [6, 6.07) is 12.7. The maximum atomic E-state index is 5.89. The van der Waals surface area contributed by atoms with E-state index in [2.05, 4.69) is 50.4 Å². The van der Waals surface area contributed by atoms with Crippen LogP contribution < -0.4 is 5.32 Å². The van der Waals surface area contributed by atoms with Crippen molar-refractivity contribution in [2.45, 2.75) is 19.5 Å². The lowest BCUT2D eigenvalue weighted by molar-refractivity contribution is 0.0115. The van der Waals surface area contributed by atoms with Gasteiger partial charge in [-0.15, -0.1) is 0 Å². The number of halogens is 1. The number of nitrogens with zero attached hydrogens (tertiary/aromatic N) is 1. The van der Waals surface area contributed by atoms with E-state index in [0.717, 1.165) is 55.4 Å². The van der Waals surface area contributed by atoms with Crippen LogP contribution in [0.4, 0.5) is 0 Å². The average Bonchev–Trinajstić information content (AvgIpc) is 3.00. The third kappa shape index (κ3) is 4.44. The number of rotatable bonds is 6. The smallest absolute Gasteiger partial charge is 0.122 e. The topological polar surface area (TPSA) is 37.6 Å². The SMILES string of the molecule is Cc1ccc(C(CNCc2ccccc2Br)N2CCOCC2)o1. The lowest BCUT2D eigenvalue weighted by Gasteiger charge is -2.33. The van der Waals surface area contributed by atoms with E-state index >= 15 is 0 Å². The van der Waals surface area contributed by atoms with Crippen LogP contribution in [0.1, 0.15) is 23.1 Å². The van der Waals surface area contributed by atoms with E-state index in [9.17, 15) is 0 Å². The van der Waals surface area contributed by atoms with Crippen LogP contribution in [-0.2, 0) is 11.3 Å². The van der Waals surface area contributed by atoms with Crippen LogP contribution in [-0.4, -0.2) is 37.7 Å². The fourth-order valence-corrected chi connectivity index (χ4v) is 3.34. The normalized spacial score (nSPS) is 17.3. The highest BCUT2D eigenvalue weighted by Crippen LogP contribution is 2.24. The van der Waals surface area contributed by atoms with Gasteiger partial charge in [0.05, 0.1) is 19.3 Å². The third-order valence-electron chi connectivity index (χ3n) is 4.19. The fraction of sp³-hybridized carbons (Fsp3) is 0.444. The van der Waals surface area contributed by atoms with E-state index in [1.54, 1.807) is 0 Å². The van der Waals surface area contributed by atoms with Crippen LogP contribution in [0.25, 0.3) is 0 Å². The van der Waals surface area contributed by atoms with Crippen LogP contribution in [0.5, 0.6) is 0 Å². The van der Waals surface area contributed by atoms with Crippen molar-refractivity contribution in [1.82, 2.24) is 10.2 Å². The van der Waals surface area contributed by atoms with E-state index in [4.69, 9.17) is 9.15 Å². The monoisotopic (exact) mass is 378 g/mol. The largest absolute Gasteiger partial charge is 0.465 e. The van der Waals surface area contributed by atoms with Gasteiger partial charge in [0.25, 0.3) is 0 Å². The molecule has 0 spiro atoms. The first-order valence-corrected chi connectivity index (χ1v) is 8.85. The van der Waals surface area contributed by atoms with Crippen LogP contribution in [0.15, 0.2) is 45.3 Å². The third-order valence-corrected chi connectivity index (χ3v) is 4.96. The highest BCUT2D eigenvalue weighted by Gasteiger charge is 2.24. The van der Waals surface area contributed by atoms with Gasteiger partial charge in [0.15, 0.2) is 0 Å². The zero-order valence-corrected chi connectivity index (χ0v) is 15.0. The molecule has 2 heterocycles. The number of benzene rings is 1. The Labute approximate surface area is 145 Å². The molecule has 0 aliphatic carbocycles. The van der Waals surface area contributed by atoms with Crippen LogP contribution >= 0.6 is 15.9 Å². The molecule has 5 heteroatoms. The minimum absolute atomic E-state index is 0.245. The minimum Gasteiger partial charge on any atom is -0.465 e. The zero-order chi connectivity index (χ0) is 16.1. The van der Waals surface area contributed by atoms with Crippen molar-refractivity contribution in [3.05, 3.63) is 58.0 Å². The molecule has 1 aromatic carbocycles. The molecule has 1 aliphatic rings. The molecule has 1 aliphatic heterocycles. The van der Waals surface area contributed by atoms with Gasteiger partial charge in [-0.1, -0.05) is 34.1 Å². The van der Waals surface area contributed by atoms with Gasteiger partial charge in [0.1, 0.15) is 11.5 Å². The summed E-state index contributed by atoms with van der Waals surface area (Å²) in [4.78, 5) is 2.44. The molecule has 1 N–H and O–H groups in total. The molecule has 4 nitrogen and oxygen atoms in total. The number of hydrogen-bond acceptors (Lipinski definition) is 4. The summed E-state index contributed by atoms with van der Waals surface area (Å²) in [5.74, 6) is 1.99.